The number of rotatable bonds is 25. The minimum Gasteiger partial charge on any atom is -0.479 e. The number of para-hydroxylation sites is 1. The van der Waals surface area contributed by atoms with E-state index in [0.29, 0.717) is 59.0 Å². The van der Waals surface area contributed by atoms with E-state index in [0.717, 1.165) is 77.2 Å². The molecule has 5 fully saturated rings. The average molecular weight is 1400 g/mol. The summed E-state index contributed by atoms with van der Waals surface area (Å²) in [6, 6.07) is 13.7. The number of pyridine rings is 1. The number of aryl methyl sites for hydroxylation is 2. The molecule has 29 nitrogen and oxygen atoms in total. The maximum Gasteiger partial charge on any atom is 0.407 e. The number of imidazole rings is 1. The number of aromatic carboxylic acids is 1. The lowest BCUT2D eigenvalue weighted by molar-refractivity contribution is -0.247. The zero-order valence-electron chi connectivity index (χ0n) is 56.2. The van der Waals surface area contributed by atoms with Gasteiger partial charge < -0.3 is 65.6 Å². The van der Waals surface area contributed by atoms with Crippen LogP contribution in [0.25, 0.3) is 21.3 Å². The topological polar surface area (TPSA) is 407 Å². The first-order valence-corrected chi connectivity index (χ1v) is 34.3. The number of hydrogen-bond acceptors (Lipinski definition) is 20. The molecule has 2 aromatic carbocycles. The van der Waals surface area contributed by atoms with Crippen molar-refractivity contribution in [2.75, 3.05) is 30.3 Å². The zero-order chi connectivity index (χ0) is 71.3. The number of ether oxygens (including phenoxy) is 3. The maximum absolute atomic E-state index is 13.6. The van der Waals surface area contributed by atoms with Crippen molar-refractivity contribution >= 4 is 85.8 Å². The number of alkyl carbamates (subject to hydrolysis) is 1. The highest BCUT2D eigenvalue weighted by atomic mass is 32.1. The van der Waals surface area contributed by atoms with Crippen molar-refractivity contribution in [2.24, 2.45) is 22.2 Å². The fraction of sp³-hybridized carbons (Fsp3) is 0.500. The summed E-state index contributed by atoms with van der Waals surface area (Å²) in [5, 5.41) is 71.1. The number of aliphatic carboxylic acids is 1. The second-order valence-electron chi connectivity index (χ2n) is 28.9. The molecule has 4 saturated carbocycles. The maximum atomic E-state index is 13.6. The second-order valence-corrected chi connectivity index (χ2v) is 29.9. The van der Waals surface area contributed by atoms with Gasteiger partial charge in [-0.3, -0.25) is 43.7 Å². The molecular formula is C70H82N12O17S. The molecule has 7 aliphatic rings. The summed E-state index contributed by atoms with van der Waals surface area (Å²) in [4.78, 5) is 131. The molecule has 4 aliphatic carbocycles. The number of fused-ring (bicyclic) bond motifs is 2. The van der Waals surface area contributed by atoms with E-state index < -0.39 is 108 Å². The first kappa shape index (κ1) is 70.5. The summed E-state index contributed by atoms with van der Waals surface area (Å²) in [5.41, 5.74) is 4.50. The first-order valence-electron chi connectivity index (χ1n) is 33.5. The van der Waals surface area contributed by atoms with Gasteiger partial charge in [0, 0.05) is 65.9 Å². The molecule has 10 atom stereocenters. The van der Waals surface area contributed by atoms with Gasteiger partial charge in [-0.1, -0.05) is 57.2 Å². The van der Waals surface area contributed by atoms with Crippen LogP contribution in [0.1, 0.15) is 141 Å². The van der Waals surface area contributed by atoms with E-state index in [-0.39, 0.29) is 77.7 Å². The van der Waals surface area contributed by atoms with Gasteiger partial charge in [-0.15, -0.1) is 0 Å². The number of thiazole rings is 1. The summed E-state index contributed by atoms with van der Waals surface area (Å²) < 4.78 is 23.1. The van der Waals surface area contributed by atoms with Crippen molar-refractivity contribution < 1.29 is 82.9 Å². The number of aromatic nitrogens is 6. The summed E-state index contributed by atoms with van der Waals surface area (Å²) in [6.07, 6.45) is 2.40. The lowest BCUT2D eigenvalue weighted by Gasteiger charge is -2.69. The van der Waals surface area contributed by atoms with Crippen LogP contribution < -0.4 is 26.6 Å². The largest absolute Gasteiger partial charge is 0.479 e. The number of benzene rings is 2. The number of anilines is 2. The molecule has 7 heterocycles. The van der Waals surface area contributed by atoms with Crippen LogP contribution in [-0.4, -0.2) is 181 Å². The Bertz CT molecular complexity index is 4210. The average Bonchev–Trinajstić information content (AvgIpc) is 1.43. The molecule has 0 spiro atoms. The van der Waals surface area contributed by atoms with E-state index in [1.165, 1.54) is 24.3 Å². The number of amides is 7. The van der Waals surface area contributed by atoms with Crippen LogP contribution in [0.15, 0.2) is 79.3 Å². The highest BCUT2D eigenvalue weighted by Gasteiger charge is 2.66. The summed E-state index contributed by atoms with van der Waals surface area (Å²) >= 11 is 1.38. The molecule has 10 N–H and O–H groups in total. The molecule has 3 aliphatic heterocycles. The van der Waals surface area contributed by atoms with Gasteiger partial charge >= 0.3 is 18.0 Å². The Labute approximate surface area is 578 Å². The molecule has 13 rings (SSSR count). The van der Waals surface area contributed by atoms with Gasteiger partial charge in [0.1, 0.15) is 49.2 Å². The molecule has 0 radical (unpaired) electrons. The Kier molecular flexibility index (Phi) is 19.8. The molecule has 4 aromatic heterocycles. The van der Waals surface area contributed by atoms with Crippen LogP contribution in [0.3, 0.4) is 0 Å². The fourth-order valence-electron chi connectivity index (χ4n) is 16.9. The van der Waals surface area contributed by atoms with E-state index in [4.69, 9.17) is 24.3 Å². The van der Waals surface area contributed by atoms with Gasteiger partial charge in [-0.05, 0) is 148 Å². The molecule has 6 aromatic rings. The Morgan fingerprint density at radius 3 is 2.26 bits per heavy atom. The number of carbonyl (C=O) groups excluding carboxylic acids is 7. The molecule has 530 valence electrons. The number of imide groups is 1. The lowest BCUT2D eigenvalue weighted by atomic mass is 9.39. The van der Waals surface area contributed by atoms with Gasteiger partial charge in [0.2, 0.25) is 17.7 Å². The molecule has 100 heavy (non-hydrogen) atoms. The van der Waals surface area contributed by atoms with E-state index in [2.05, 4.69) is 50.4 Å². The molecule has 4 bridgehead atoms. The second kappa shape index (κ2) is 28.0. The van der Waals surface area contributed by atoms with Crippen LogP contribution >= 0.6 is 11.3 Å². The van der Waals surface area contributed by atoms with Crippen molar-refractivity contribution in [3.63, 3.8) is 0 Å². The Hall–Kier alpha value is -9.33. The van der Waals surface area contributed by atoms with Gasteiger partial charge in [0.15, 0.2) is 16.9 Å². The number of aliphatic hydroxyl groups is 3. The monoisotopic (exact) mass is 1390 g/mol. The van der Waals surface area contributed by atoms with Crippen molar-refractivity contribution in [1.82, 2.24) is 50.1 Å². The Morgan fingerprint density at radius 2 is 1.55 bits per heavy atom. The lowest BCUT2D eigenvalue weighted by Crippen LogP contribution is -2.64. The minimum absolute atomic E-state index is 0.0108. The van der Waals surface area contributed by atoms with Gasteiger partial charge in [-0.25, -0.2) is 29.3 Å². The normalized spacial score (nSPS) is 26.5. The first-order chi connectivity index (χ1) is 47.5. The number of nitrogens with one attached hydrogen (secondary N) is 5. The van der Waals surface area contributed by atoms with Crippen molar-refractivity contribution in [3.8, 4) is 11.1 Å². The Morgan fingerprint density at radius 1 is 0.810 bits per heavy atom. The van der Waals surface area contributed by atoms with Crippen LogP contribution in [-0.2, 0) is 75.5 Å². The smallest absolute Gasteiger partial charge is 0.407 e. The van der Waals surface area contributed by atoms with Crippen LogP contribution in [0, 0.1) is 29.1 Å². The number of carbonyl (C=O) groups is 9. The third-order valence-corrected chi connectivity index (χ3v) is 21.3. The molecular weight excluding hydrogens is 1310 g/mol. The SMILES string of the molecule is Cc1c(-c2ccc(C3CCn4cnc(C(=O)Nc5nc6ccccc6s5)c4C3)nc2C(=O)O)cnn1CC12CC3(C)CC(C)(C1)CC(OCCNC(=O)OCc1ccc(NC(=O)[C@H](C)NC(=O)[C@@H](NC(=O)CN4C(=O)C=CC4=O)C(C)C)cc1CC[C@@H]1O[C@H](C(=O)O)[C@@H](O)[C@H](O)[C@H]1O)(C3)C2. The zero-order valence-corrected chi connectivity index (χ0v) is 57.0. The van der Waals surface area contributed by atoms with Crippen molar-refractivity contribution in [2.45, 2.75) is 180 Å². The molecule has 30 heteroatoms. The van der Waals surface area contributed by atoms with Gasteiger partial charge in [-0.2, -0.15) is 5.10 Å². The van der Waals surface area contributed by atoms with Crippen LogP contribution in [0.2, 0.25) is 0 Å². The molecule has 1 saturated heterocycles. The van der Waals surface area contributed by atoms with Crippen LogP contribution in [0.5, 0.6) is 0 Å². The summed E-state index contributed by atoms with van der Waals surface area (Å²) in [7, 11) is 0. The van der Waals surface area contributed by atoms with Gasteiger partial charge in [0.25, 0.3) is 17.7 Å². The van der Waals surface area contributed by atoms with Crippen molar-refractivity contribution in [3.05, 3.63) is 119 Å². The number of aliphatic hydroxyl groups excluding tert-OH is 3. The number of carboxylic acids is 2. The quantitative estimate of drug-likeness (QED) is 0.0261. The number of carboxylic acid groups (broad SMARTS) is 2. The van der Waals surface area contributed by atoms with E-state index in [1.807, 2.05) is 52.6 Å². The van der Waals surface area contributed by atoms with E-state index >= 15 is 0 Å². The van der Waals surface area contributed by atoms with Crippen molar-refractivity contribution in [1.29, 1.82) is 0 Å². The molecule has 3 unspecified atom stereocenters. The predicted octanol–water partition coefficient (Wildman–Crippen LogP) is 5.18. The number of hydrogen-bond donors (Lipinski definition) is 10. The van der Waals surface area contributed by atoms with E-state index in [9.17, 15) is 68.7 Å². The standard InChI is InChI=1S/C70H82N12O17S/c1-36(2)53(78-50(83)26-81-51(84)17-18-52(81)85)61(90)74-37(3)60(89)75-42-13-11-41(39(23-42)12-16-48-56(86)57(87)58(88)59(99-48)64(94)95)27-97-66(96)71-20-22-98-70-31-67(5)28-68(6,32-70)30-69(29-67,33-70)34-82-38(4)44(25-73-82)43-14-15-45(76-54(43)63(92)93)40-19-21-80-35-72-55(47(80)24-40)62(91)79-65-77-46-9-7-8-10-49(46)100-65/h7-11,13-15,17-18,23,25,35-37,40,48,53,56-59,86-88H,12,16,19-22,24,26-34H2,1-6H3,(H,71,96)(H,74,90)(H,75,89)(H,78,83)(H,92,93)(H,94,95)(H,77,79,91)/t37-,40?,48-,53-,56-,57+,58-,59-,67?,68?,69?,70?/m0/s1. The minimum atomic E-state index is -1.91. The predicted molar refractivity (Wildman–Crippen MR) is 359 cm³/mol. The summed E-state index contributed by atoms with van der Waals surface area (Å²) in [5.74, 6) is -7.27. The van der Waals surface area contributed by atoms with Crippen LogP contribution in [0.4, 0.5) is 15.6 Å². The number of nitrogens with zero attached hydrogens (tertiary/aromatic N) is 7. The third-order valence-electron chi connectivity index (χ3n) is 20.4. The Balaban J connectivity index is 0.671. The fourth-order valence-corrected chi connectivity index (χ4v) is 17.7. The van der Waals surface area contributed by atoms with E-state index in [1.54, 1.807) is 38.5 Å². The van der Waals surface area contributed by atoms with Gasteiger partial charge in [0.05, 0.1) is 46.7 Å². The highest BCUT2D eigenvalue weighted by molar-refractivity contribution is 7.22. The third kappa shape index (κ3) is 14.8. The molecule has 7 amide bonds. The highest BCUT2D eigenvalue weighted by Crippen LogP contribution is 2.72. The summed E-state index contributed by atoms with van der Waals surface area (Å²) in [6.45, 7) is 11.8.